The number of carbonyl (C=O) groups is 3. The lowest BCUT2D eigenvalue weighted by Gasteiger charge is -2.42. The number of anilines is 1. The number of methoxy groups -OCH3 is 1. The Labute approximate surface area is 237 Å². The van der Waals surface area contributed by atoms with Crippen LogP contribution >= 0.6 is 11.6 Å². The van der Waals surface area contributed by atoms with E-state index < -0.39 is 29.2 Å². The summed E-state index contributed by atoms with van der Waals surface area (Å²) >= 11 is 6.66. The van der Waals surface area contributed by atoms with Crippen molar-refractivity contribution in [2.45, 2.75) is 70.6 Å². The number of carbonyl (C=O) groups excluding carboxylic acids is 3. The molecule has 1 saturated carbocycles. The maximum atomic E-state index is 14.2. The van der Waals surface area contributed by atoms with Gasteiger partial charge in [-0.2, -0.15) is 0 Å². The lowest BCUT2D eigenvalue weighted by molar-refractivity contribution is -0.135. The molecule has 1 unspecified atom stereocenters. The molecule has 216 valence electrons. The predicted octanol–water partition coefficient (Wildman–Crippen LogP) is 5.80. The van der Waals surface area contributed by atoms with Crippen molar-refractivity contribution >= 4 is 35.2 Å². The first kappa shape index (κ1) is 29.6. The topological polar surface area (TPSA) is 88.2 Å². The minimum absolute atomic E-state index is 0.00244. The SMILES string of the molecule is COC(=O)NCCN1C(=O)C(C)(c2cc(F)cc(F)c2)Oc2cc(Cl)c(C(=O)N(C(C)C)C3CCCCC3)cc21. The Kier molecular flexibility index (Phi) is 8.87. The van der Waals surface area contributed by atoms with Crippen LogP contribution in [0.2, 0.25) is 5.02 Å². The zero-order valence-electron chi connectivity index (χ0n) is 23.1. The predicted molar refractivity (Wildman–Crippen MR) is 147 cm³/mol. The zero-order chi connectivity index (χ0) is 29.2. The van der Waals surface area contributed by atoms with Crippen molar-refractivity contribution in [1.29, 1.82) is 0 Å². The normalized spacial score (nSPS) is 19.2. The lowest BCUT2D eigenvalue weighted by Crippen LogP contribution is -2.54. The molecule has 3 amide bonds. The van der Waals surface area contributed by atoms with Gasteiger partial charge in [-0.3, -0.25) is 9.59 Å². The van der Waals surface area contributed by atoms with Gasteiger partial charge in [0, 0.05) is 42.9 Å². The number of nitrogens with zero attached hydrogens (tertiary/aromatic N) is 2. The van der Waals surface area contributed by atoms with E-state index in [2.05, 4.69) is 10.1 Å². The molecule has 0 spiro atoms. The fourth-order valence-corrected chi connectivity index (χ4v) is 5.76. The van der Waals surface area contributed by atoms with Crippen LogP contribution in [-0.4, -0.2) is 55.1 Å². The van der Waals surface area contributed by atoms with Gasteiger partial charge in [-0.05, 0) is 51.8 Å². The first-order valence-electron chi connectivity index (χ1n) is 13.4. The second-order valence-electron chi connectivity index (χ2n) is 10.6. The molecule has 1 N–H and O–H groups in total. The molecule has 0 saturated heterocycles. The summed E-state index contributed by atoms with van der Waals surface area (Å²) in [6, 6.07) is 5.73. The summed E-state index contributed by atoms with van der Waals surface area (Å²) in [7, 11) is 1.22. The van der Waals surface area contributed by atoms with E-state index in [0.717, 1.165) is 44.2 Å². The Morgan fingerprint density at radius 1 is 1.15 bits per heavy atom. The van der Waals surface area contributed by atoms with Gasteiger partial charge in [0.05, 0.1) is 23.4 Å². The first-order chi connectivity index (χ1) is 19.0. The molecule has 4 rings (SSSR count). The highest BCUT2D eigenvalue weighted by atomic mass is 35.5. The van der Waals surface area contributed by atoms with E-state index in [0.29, 0.717) is 6.07 Å². The highest BCUT2D eigenvalue weighted by molar-refractivity contribution is 6.34. The van der Waals surface area contributed by atoms with E-state index in [4.69, 9.17) is 16.3 Å². The second-order valence-corrected chi connectivity index (χ2v) is 11.0. The number of alkyl carbamates (subject to hydrolysis) is 1. The number of rotatable bonds is 7. The third-order valence-corrected chi connectivity index (χ3v) is 7.81. The van der Waals surface area contributed by atoms with E-state index in [1.165, 1.54) is 31.1 Å². The van der Waals surface area contributed by atoms with E-state index in [1.54, 1.807) is 0 Å². The molecule has 1 aliphatic heterocycles. The molecule has 11 heteroatoms. The summed E-state index contributed by atoms with van der Waals surface area (Å²) in [5.41, 5.74) is -1.39. The van der Waals surface area contributed by atoms with Crippen LogP contribution in [0.15, 0.2) is 30.3 Å². The number of halogens is 3. The van der Waals surface area contributed by atoms with Crippen LogP contribution in [-0.2, 0) is 15.1 Å². The van der Waals surface area contributed by atoms with Crippen LogP contribution in [0.4, 0.5) is 19.3 Å². The van der Waals surface area contributed by atoms with Crippen molar-refractivity contribution in [2.24, 2.45) is 0 Å². The van der Waals surface area contributed by atoms with Crippen LogP contribution in [0.5, 0.6) is 5.75 Å². The molecular formula is C29H34ClF2N3O5. The summed E-state index contributed by atoms with van der Waals surface area (Å²) in [5, 5.41) is 2.65. The Morgan fingerprint density at radius 3 is 2.40 bits per heavy atom. The molecule has 2 aromatic carbocycles. The number of amides is 3. The third-order valence-electron chi connectivity index (χ3n) is 7.50. The molecule has 0 bridgehead atoms. The summed E-state index contributed by atoms with van der Waals surface area (Å²) in [5.74, 6) is -2.47. The largest absolute Gasteiger partial charge is 0.471 e. The molecule has 2 aromatic rings. The molecule has 40 heavy (non-hydrogen) atoms. The van der Waals surface area contributed by atoms with Crippen molar-refractivity contribution < 1.29 is 32.6 Å². The summed E-state index contributed by atoms with van der Waals surface area (Å²) in [6.45, 7) is 5.28. The number of nitrogens with one attached hydrogen (secondary N) is 1. The van der Waals surface area contributed by atoms with Gasteiger partial charge in [-0.1, -0.05) is 30.9 Å². The summed E-state index contributed by atoms with van der Waals surface area (Å²) in [6.07, 6.45) is 4.34. The van der Waals surface area contributed by atoms with Crippen LogP contribution < -0.4 is 15.0 Å². The van der Waals surface area contributed by atoms with Crippen LogP contribution in [0.25, 0.3) is 0 Å². The molecule has 8 nitrogen and oxygen atoms in total. The quantitative estimate of drug-likeness (QED) is 0.449. The minimum atomic E-state index is -1.82. The molecule has 1 aliphatic carbocycles. The van der Waals surface area contributed by atoms with Crippen LogP contribution in [0, 0.1) is 11.6 Å². The lowest BCUT2D eigenvalue weighted by atomic mass is 9.91. The molecule has 2 aliphatic rings. The van der Waals surface area contributed by atoms with E-state index >= 15 is 0 Å². The highest BCUT2D eigenvalue weighted by Crippen LogP contribution is 2.45. The van der Waals surface area contributed by atoms with Crippen molar-refractivity contribution in [2.75, 3.05) is 25.1 Å². The Morgan fingerprint density at radius 2 is 1.80 bits per heavy atom. The van der Waals surface area contributed by atoms with Crippen LogP contribution in [0.1, 0.15) is 68.8 Å². The second kappa shape index (κ2) is 12.0. The Balaban J connectivity index is 1.78. The number of ether oxygens (including phenoxy) is 2. The third kappa shape index (κ3) is 5.87. The van der Waals surface area contributed by atoms with Gasteiger partial charge in [0.1, 0.15) is 17.4 Å². The van der Waals surface area contributed by atoms with Crippen molar-refractivity contribution in [1.82, 2.24) is 10.2 Å². The van der Waals surface area contributed by atoms with E-state index in [1.807, 2.05) is 18.7 Å². The molecule has 1 heterocycles. The van der Waals surface area contributed by atoms with Crippen LogP contribution in [0.3, 0.4) is 0 Å². The van der Waals surface area contributed by atoms with Crippen molar-refractivity contribution in [3.8, 4) is 5.75 Å². The summed E-state index contributed by atoms with van der Waals surface area (Å²) < 4.78 is 39.0. The number of fused-ring (bicyclic) bond motifs is 1. The molecule has 0 radical (unpaired) electrons. The van der Waals surface area contributed by atoms with E-state index in [9.17, 15) is 23.2 Å². The van der Waals surface area contributed by atoms with E-state index in [-0.39, 0.29) is 58.7 Å². The van der Waals surface area contributed by atoms with Gasteiger partial charge in [0.25, 0.3) is 11.8 Å². The highest BCUT2D eigenvalue weighted by Gasteiger charge is 2.47. The maximum Gasteiger partial charge on any atom is 0.406 e. The average molecular weight is 578 g/mol. The summed E-state index contributed by atoms with van der Waals surface area (Å²) in [4.78, 5) is 42.6. The van der Waals surface area contributed by atoms with Gasteiger partial charge in [-0.25, -0.2) is 13.6 Å². The zero-order valence-corrected chi connectivity index (χ0v) is 23.8. The standard InChI is InChI=1S/C29H34ClF2N3O5/c1-17(2)35(21-8-6-5-7-9-21)26(36)22-15-24-25(16-23(22)30)40-29(3,18-12-19(31)14-20(32)13-18)27(37)34(24)11-10-33-28(38)39-4/h12-17,21H,5-11H2,1-4H3,(H,33,38). The Hall–Kier alpha value is -3.40. The van der Waals surface area contributed by atoms with Gasteiger partial charge >= 0.3 is 6.09 Å². The van der Waals surface area contributed by atoms with Gasteiger partial charge in [-0.15, -0.1) is 0 Å². The fourth-order valence-electron chi connectivity index (χ4n) is 5.53. The number of benzene rings is 2. The smallest absolute Gasteiger partial charge is 0.406 e. The van der Waals surface area contributed by atoms with Gasteiger partial charge in [0.2, 0.25) is 5.60 Å². The minimum Gasteiger partial charge on any atom is -0.471 e. The molecular weight excluding hydrogens is 544 g/mol. The Bertz CT molecular complexity index is 1280. The average Bonchev–Trinajstić information content (AvgIpc) is 2.90. The first-order valence-corrected chi connectivity index (χ1v) is 13.8. The van der Waals surface area contributed by atoms with Gasteiger partial charge in [0.15, 0.2) is 0 Å². The molecule has 1 atom stereocenters. The molecule has 0 aromatic heterocycles. The number of hydrogen-bond acceptors (Lipinski definition) is 5. The van der Waals surface area contributed by atoms with Gasteiger partial charge < -0.3 is 24.6 Å². The van der Waals surface area contributed by atoms with Crippen molar-refractivity contribution in [3.63, 3.8) is 0 Å². The fraction of sp³-hybridized carbons (Fsp3) is 0.483. The van der Waals surface area contributed by atoms with Crippen molar-refractivity contribution in [3.05, 3.63) is 58.1 Å². The maximum absolute atomic E-state index is 14.2. The molecule has 1 fully saturated rings. The number of hydrogen-bond donors (Lipinski definition) is 1. The monoisotopic (exact) mass is 577 g/mol.